The second-order valence-electron chi connectivity index (χ2n) is 3.88. The van der Waals surface area contributed by atoms with Crippen LogP contribution in [0.25, 0.3) is 0 Å². The van der Waals surface area contributed by atoms with Gasteiger partial charge in [-0.05, 0) is 29.7 Å². The number of aryl methyl sites for hydroxylation is 1. The molecule has 0 unspecified atom stereocenters. The van der Waals surface area contributed by atoms with E-state index in [2.05, 4.69) is 24.0 Å². The summed E-state index contributed by atoms with van der Waals surface area (Å²) in [6, 6.07) is 12.0. The molecule has 3 heteroatoms. The van der Waals surface area contributed by atoms with Crippen molar-refractivity contribution in [1.29, 1.82) is 0 Å². The van der Waals surface area contributed by atoms with Gasteiger partial charge in [-0.2, -0.15) is 0 Å². The van der Waals surface area contributed by atoms with Gasteiger partial charge in [0.15, 0.2) is 0 Å². The lowest BCUT2D eigenvalue weighted by Gasteiger charge is -2.08. The zero-order valence-corrected chi connectivity index (χ0v) is 9.27. The summed E-state index contributed by atoms with van der Waals surface area (Å²) in [5, 5.41) is 0. The van der Waals surface area contributed by atoms with Gasteiger partial charge in [0.25, 0.3) is 0 Å². The van der Waals surface area contributed by atoms with Crippen LogP contribution in [-0.2, 0) is 6.42 Å². The van der Waals surface area contributed by atoms with E-state index in [9.17, 15) is 0 Å². The van der Waals surface area contributed by atoms with Crippen LogP contribution in [-0.4, -0.2) is 4.98 Å². The highest BCUT2D eigenvalue weighted by molar-refractivity contribution is 5.48. The summed E-state index contributed by atoms with van der Waals surface area (Å²) in [6.07, 6.45) is 0.797. The Kier molecular flexibility index (Phi) is 2.77. The minimum absolute atomic E-state index is 0.464. The number of rotatable bonds is 2. The number of hydrogen-bond acceptors (Lipinski definition) is 3. The number of anilines is 2. The van der Waals surface area contributed by atoms with Gasteiger partial charge in [-0.15, -0.1) is 0 Å². The first-order valence-electron chi connectivity index (χ1n) is 5.22. The number of nitrogen functional groups attached to an aromatic ring is 2. The molecular weight excluding hydrogens is 198 g/mol. The van der Waals surface area contributed by atoms with Gasteiger partial charge in [-0.1, -0.05) is 30.3 Å². The summed E-state index contributed by atoms with van der Waals surface area (Å²) in [7, 11) is 0. The van der Waals surface area contributed by atoms with Crippen LogP contribution < -0.4 is 11.5 Å². The third-order valence-corrected chi connectivity index (χ3v) is 2.68. The van der Waals surface area contributed by atoms with Gasteiger partial charge in [0.1, 0.15) is 11.6 Å². The quantitative estimate of drug-likeness (QED) is 0.803. The van der Waals surface area contributed by atoms with Gasteiger partial charge >= 0.3 is 0 Å². The zero-order chi connectivity index (χ0) is 11.5. The molecule has 0 aliphatic rings. The standard InChI is InChI=1S/C13H15N3/c1-9-4-2-3-5-10(9)8-11-6-7-12(14)16-13(11)15/h2-7H,8H2,1H3,(H4,14,15,16). The number of benzene rings is 1. The molecule has 2 aromatic rings. The summed E-state index contributed by atoms with van der Waals surface area (Å²) < 4.78 is 0. The summed E-state index contributed by atoms with van der Waals surface area (Å²) in [6.45, 7) is 2.09. The van der Waals surface area contributed by atoms with Crippen LogP contribution in [0.1, 0.15) is 16.7 Å². The van der Waals surface area contributed by atoms with Crippen molar-refractivity contribution in [2.45, 2.75) is 13.3 Å². The van der Waals surface area contributed by atoms with E-state index in [1.165, 1.54) is 11.1 Å². The third-order valence-electron chi connectivity index (χ3n) is 2.68. The van der Waals surface area contributed by atoms with Crippen LogP contribution in [0.3, 0.4) is 0 Å². The molecule has 2 rings (SSSR count). The highest BCUT2D eigenvalue weighted by Gasteiger charge is 2.04. The normalized spacial score (nSPS) is 10.3. The minimum atomic E-state index is 0.464. The fraction of sp³-hybridized carbons (Fsp3) is 0.154. The summed E-state index contributed by atoms with van der Waals surface area (Å²) >= 11 is 0. The zero-order valence-electron chi connectivity index (χ0n) is 9.27. The van der Waals surface area contributed by atoms with E-state index in [4.69, 9.17) is 11.5 Å². The highest BCUT2D eigenvalue weighted by Crippen LogP contribution is 2.18. The topological polar surface area (TPSA) is 64.9 Å². The highest BCUT2D eigenvalue weighted by atomic mass is 14.9. The van der Waals surface area contributed by atoms with Crippen LogP contribution >= 0.6 is 0 Å². The maximum absolute atomic E-state index is 5.83. The SMILES string of the molecule is Cc1ccccc1Cc1ccc(N)nc1N. The van der Waals surface area contributed by atoms with Crippen molar-refractivity contribution < 1.29 is 0 Å². The van der Waals surface area contributed by atoms with Crippen LogP contribution in [0.2, 0.25) is 0 Å². The van der Waals surface area contributed by atoms with Crippen LogP contribution in [0.15, 0.2) is 36.4 Å². The molecule has 1 heterocycles. The van der Waals surface area contributed by atoms with Crippen molar-refractivity contribution in [2.75, 3.05) is 11.5 Å². The smallest absolute Gasteiger partial charge is 0.129 e. The molecule has 0 saturated carbocycles. The average Bonchev–Trinajstić information content (AvgIpc) is 2.25. The van der Waals surface area contributed by atoms with Gasteiger partial charge in [0.05, 0.1) is 0 Å². The fourth-order valence-electron chi connectivity index (χ4n) is 1.68. The maximum atomic E-state index is 5.83. The van der Waals surface area contributed by atoms with E-state index in [0.717, 1.165) is 12.0 Å². The second kappa shape index (κ2) is 4.23. The van der Waals surface area contributed by atoms with E-state index in [0.29, 0.717) is 11.6 Å². The molecule has 1 aromatic carbocycles. The minimum Gasteiger partial charge on any atom is -0.384 e. The largest absolute Gasteiger partial charge is 0.384 e. The molecule has 0 saturated heterocycles. The Morgan fingerprint density at radius 1 is 1.00 bits per heavy atom. The maximum Gasteiger partial charge on any atom is 0.129 e. The molecular formula is C13H15N3. The van der Waals surface area contributed by atoms with Crippen molar-refractivity contribution in [3.63, 3.8) is 0 Å². The first kappa shape index (κ1) is 10.5. The van der Waals surface area contributed by atoms with Gasteiger partial charge in [-0.25, -0.2) is 4.98 Å². The molecule has 0 aliphatic carbocycles. The first-order valence-corrected chi connectivity index (χ1v) is 5.22. The van der Waals surface area contributed by atoms with Crippen LogP contribution in [0.4, 0.5) is 11.6 Å². The van der Waals surface area contributed by atoms with E-state index in [-0.39, 0.29) is 0 Å². The predicted octanol–water partition coefficient (Wildman–Crippen LogP) is 2.15. The Bertz CT molecular complexity index is 506. The van der Waals surface area contributed by atoms with Gasteiger partial charge in [0.2, 0.25) is 0 Å². The van der Waals surface area contributed by atoms with Gasteiger partial charge in [0, 0.05) is 6.42 Å². The molecule has 0 aliphatic heterocycles. The number of nitrogens with two attached hydrogens (primary N) is 2. The predicted molar refractivity (Wildman–Crippen MR) is 67.0 cm³/mol. The van der Waals surface area contributed by atoms with Crippen LogP contribution in [0, 0.1) is 6.92 Å². The van der Waals surface area contributed by atoms with Crippen molar-refractivity contribution in [2.24, 2.45) is 0 Å². The molecule has 4 N–H and O–H groups in total. The monoisotopic (exact) mass is 213 g/mol. The molecule has 3 nitrogen and oxygen atoms in total. The molecule has 0 radical (unpaired) electrons. The lowest BCUT2D eigenvalue weighted by atomic mass is 10.0. The van der Waals surface area contributed by atoms with Crippen LogP contribution in [0.5, 0.6) is 0 Å². The lowest BCUT2D eigenvalue weighted by molar-refractivity contribution is 1.13. The molecule has 16 heavy (non-hydrogen) atoms. The molecule has 82 valence electrons. The first-order chi connectivity index (χ1) is 7.66. The molecule has 0 spiro atoms. The molecule has 0 atom stereocenters. The van der Waals surface area contributed by atoms with Crippen molar-refractivity contribution in [3.8, 4) is 0 Å². The Labute approximate surface area is 95.1 Å². The summed E-state index contributed by atoms with van der Waals surface area (Å²) in [4.78, 5) is 4.05. The van der Waals surface area contributed by atoms with Crippen molar-refractivity contribution in [1.82, 2.24) is 4.98 Å². The average molecular weight is 213 g/mol. The Morgan fingerprint density at radius 3 is 2.44 bits per heavy atom. The number of nitrogens with zero attached hydrogens (tertiary/aromatic N) is 1. The second-order valence-corrected chi connectivity index (χ2v) is 3.88. The number of hydrogen-bond donors (Lipinski definition) is 2. The Hall–Kier alpha value is -2.03. The number of aromatic nitrogens is 1. The Balaban J connectivity index is 2.31. The summed E-state index contributed by atoms with van der Waals surface area (Å²) in [5.74, 6) is 0.981. The van der Waals surface area contributed by atoms with Gasteiger partial charge in [-0.3, -0.25) is 0 Å². The van der Waals surface area contributed by atoms with Crippen molar-refractivity contribution in [3.05, 3.63) is 53.1 Å². The lowest BCUT2D eigenvalue weighted by Crippen LogP contribution is -2.02. The molecule has 1 aromatic heterocycles. The van der Waals surface area contributed by atoms with Gasteiger partial charge < -0.3 is 11.5 Å². The molecule has 0 bridgehead atoms. The van der Waals surface area contributed by atoms with E-state index < -0.39 is 0 Å². The third kappa shape index (κ3) is 2.14. The van der Waals surface area contributed by atoms with E-state index in [1.807, 2.05) is 18.2 Å². The van der Waals surface area contributed by atoms with E-state index in [1.54, 1.807) is 6.07 Å². The van der Waals surface area contributed by atoms with Crippen molar-refractivity contribution >= 4 is 11.6 Å². The summed E-state index contributed by atoms with van der Waals surface area (Å²) in [5.41, 5.74) is 14.9. The number of pyridine rings is 1. The Morgan fingerprint density at radius 2 is 1.75 bits per heavy atom. The molecule has 0 fully saturated rings. The molecule has 0 amide bonds. The fourth-order valence-corrected chi connectivity index (χ4v) is 1.68. The van der Waals surface area contributed by atoms with E-state index >= 15 is 0 Å².